The Morgan fingerprint density at radius 2 is 1.94 bits per heavy atom. The zero-order chi connectivity index (χ0) is 13.8. The number of benzene rings is 1. The van der Waals surface area contributed by atoms with Crippen LogP contribution in [0, 0.1) is 11.6 Å². The maximum atomic E-state index is 13.9. The lowest BCUT2D eigenvalue weighted by atomic mass is 9.91. The van der Waals surface area contributed by atoms with Crippen LogP contribution < -0.4 is 5.32 Å². The van der Waals surface area contributed by atoms with Crippen LogP contribution in [-0.2, 0) is 4.74 Å². The molecule has 102 valence electrons. The maximum Gasteiger partial charge on any atom is 0.163 e. The molecule has 0 saturated carbocycles. The molecule has 0 bridgehead atoms. The van der Waals surface area contributed by atoms with Crippen LogP contribution in [0.4, 0.5) is 8.78 Å². The number of rotatable bonds is 6. The number of hydrogen-bond donors (Lipinski definition) is 1. The zero-order valence-electron chi connectivity index (χ0n) is 11.4. The molecule has 18 heavy (non-hydrogen) atoms. The number of nitrogens with one attached hydrogen (secondary N) is 1. The van der Waals surface area contributed by atoms with Crippen molar-refractivity contribution in [2.45, 2.75) is 39.3 Å². The van der Waals surface area contributed by atoms with Crippen molar-refractivity contribution in [1.82, 2.24) is 5.32 Å². The summed E-state index contributed by atoms with van der Waals surface area (Å²) in [5.41, 5.74) is -0.311. The van der Waals surface area contributed by atoms with Gasteiger partial charge in [0, 0.05) is 12.2 Å². The Morgan fingerprint density at radius 1 is 1.28 bits per heavy atom. The maximum absolute atomic E-state index is 13.9. The number of likely N-dealkylation sites (N-methyl/N-ethyl adjacent to an activating group) is 1. The van der Waals surface area contributed by atoms with Crippen LogP contribution in [0.3, 0.4) is 0 Å². The highest BCUT2D eigenvalue weighted by Crippen LogP contribution is 2.31. The minimum absolute atomic E-state index is 0.301. The molecule has 1 atom stereocenters. The van der Waals surface area contributed by atoms with Gasteiger partial charge in [-0.2, -0.15) is 0 Å². The Balaban J connectivity index is 3.15. The first-order valence-corrected chi connectivity index (χ1v) is 6.25. The van der Waals surface area contributed by atoms with Gasteiger partial charge in [0.25, 0.3) is 0 Å². The summed E-state index contributed by atoms with van der Waals surface area (Å²) in [5.74, 6) is -1.64. The predicted molar refractivity (Wildman–Crippen MR) is 68.5 cm³/mol. The molecule has 0 radical (unpaired) electrons. The smallest absolute Gasteiger partial charge is 0.163 e. The lowest BCUT2D eigenvalue weighted by Gasteiger charge is -2.35. The van der Waals surface area contributed by atoms with E-state index in [-0.39, 0.29) is 0 Å². The third kappa shape index (κ3) is 3.27. The molecule has 2 nitrogen and oxygen atoms in total. The van der Waals surface area contributed by atoms with Gasteiger partial charge in [-0.25, -0.2) is 8.78 Å². The van der Waals surface area contributed by atoms with Gasteiger partial charge in [0.05, 0.1) is 11.6 Å². The summed E-state index contributed by atoms with van der Waals surface area (Å²) < 4.78 is 32.8. The molecular formula is C14H21F2NO. The van der Waals surface area contributed by atoms with Crippen molar-refractivity contribution < 1.29 is 13.5 Å². The Morgan fingerprint density at radius 3 is 2.50 bits per heavy atom. The molecule has 0 saturated heterocycles. The van der Waals surface area contributed by atoms with Gasteiger partial charge in [0.15, 0.2) is 11.6 Å². The van der Waals surface area contributed by atoms with Gasteiger partial charge < -0.3 is 10.1 Å². The summed E-state index contributed by atoms with van der Waals surface area (Å²) in [6.45, 7) is 8.71. The van der Waals surface area contributed by atoms with Crippen LogP contribution in [0.25, 0.3) is 0 Å². The summed E-state index contributed by atoms with van der Waals surface area (Å²) in [6.07, 6.45) is 0. The molecule has 0 aliphatic rings. The second-order valence-corrected chi connectivity index (χ2v) is 4.67. The van der Waals surface area contributed by atoms with Gasteiger partial charge in [-0.05, 0) is 33.4 Å². The molecule has 0 amide bonds. The predicted octanol–water partition coefficient (Wildman–Crippen LogP) is 3.43. The molecule has 0 fully saturated rings. The first kappa shape index (κ1) is 15.1. The summed E-state index contributed by atoms with van der Waals surface area (Å²) in [6, 6.07) is 3.83. The molecule has 0 heterocycles. The quantitative estimate of drug-likeness (QED) is 0.843. The monoisotopic (exact) mass is 257 g/mol. The summed E-state index contributed by atoms with van der Waals surface area (Å²) in [5, 5.41) is 3.16. The van der Waals surface area contributed by atoms with Crippen LogP contribution >= 0.6 is 0 Å². The van der Waals surface area contributed by atoms with Gasteiger partial charge in [-0.3, -0.25) is 0 Å². The molecule has 0 aliphatic heterocycles. The molecule has 0 aromatic heterocycles. The Bertz CT molecular complexity index is 393. The highest BCUT2D eigenvalue weighted by atomic mass is 19.2. The van der Waals surface area contributed by atoms with Crippen molar-refractivity contribution in [3.8, 4) is 0 Å². The van der Waals surface area contributed by atoms with E-state index in [0.717, 1.165) is 6.07 Å². The fourth-order valence-corrected chi connectivity index (χ4v) is 2.13. The Hall–Kier alpha value is -1.00. The SMILES string of the molecule is CCNC(c1cccc(F)c1F)C(C)(C)OCC. The third-order valence-electron chi connectivity index (χ3n) is 2.91. The fraction of sp³-hybridized carbons (Fsp3) is 0.571. The zero-order valence-corrected chi connectivity index (χ0v) is 11.4. The molecule has 1 unspecified atom stereocenters. The van der Waals surface area contributed by atoms with E-state index in [1.165, 1.54) is 6.07 Å². The first-order valence-electron chi connectivity index (χ1n) is 6.25. The fourth-order valence-electron chi connectivity index (χ4n) is 2.13. The number of hydrogen-bond acceptors (Lipinski definition) is 2. The topological polar surface area (TPSA) is 21.3 Å². The lowest BCUT2D eigenvalue weighted by molar-refractivity contribution is -0.0397. The first-order chi connectivity index (χ1) is 8.44. The van der Waals surface area contributed by atoms with Crippen LogP contribution in [0.5, 0.6) is 0 Å². The minimum Gasteiger partial charge on any atom is -0.374 e. The molecule has 1 N–H and O–H groups in total. The van der Waals surface area contributed by atoms with E-state index in [1.54, 1.807) is 6.07 Å². The van der Waals surface area contributed by atoms with E-state index in [0.29, 0.717) is 18.7 Å². The van der Waals surface area contributed by atoms with Gasteiger partial charge in [0.2, 0.25) is 0 Å². The number of ether oxygens (including phenoxy) is 1. The average Bonchev–Trinajstić information content (AvgIpc) is 2.30. The van der Waals surface area contributed by atoms with Crippen molar-refractivity contribution in [2.24, 2.45) is 0 Å². The molecule has 1 rings (SSSR count). The molecule has 0 aliphatic carbocycles. The van der Waals surface area contributed by atoms with E-state index in [2.05, 4.69) is 5.32 Å². The largest absolute Gasteiger partial charge is 0.374 e. The summed E-state index contributed by atoms with van der Waals surface area (Å²) >= 11 is 0. The number of halogens is 2. The van der Waals surface area contributed by atoms with Gasteiger partial charge >= 0.3 is 0 Å². The molecule has 1 aromatic carbocycles. The van der Waals surface area contributed by atoms with Gasteiger partial charge in [-0.15, -0.1) is 0 Å². The van der Waals surface area contributed by atoms with Crippen molar-refractivity contribution in [2.75, 3.05) is 13.2 Å². The van der Waals surface area contributed by atoms with Gasteiger partial charge in [-0.1, -0.05) is 19.1 Å². The highest BCUT2D eigenvalue weighted by Gasteiger charge is 2.33. The van der Waals surface area contributed by atoms with Crippen LogP contribution in [0.1, 0.15) is 39.3 Å². The average molecular weight is 257 g/mol. The van der Waals surface area contributed by atoms with Crippen LogP contribution in [0.15, 0.2) is 18.2 Å². The van der Waals surface area contributed by atoms with Crippen molar-refractivity contribution >= 4 is 0 Å². The Kier molecular flexibility index (Phi) is 5.23. The van der Waals surface area contributed by atoms with Crippen LogP contribution in [0.2, 0.25) is 0 Å². The van der Waals surface area contributed by atoms with Crippen molar-refractivity contribution in [3.05, 3.63) is 35.4 Å². The second kappa shape index (κ2) is 6.25. The molecule has 1 aromatic rings. The van der Waals surface area contributed by atoms with Gasteiger partial charge in [0.1, 0.15) is 0 Å². The van der Waals surface area contributed by atoms with E-state index in [9.17, 15) is 8.78 Å². The van der Waals surface area contributed by atoms with E-state index in [1.807, 2.05) is 27.7 Å². The third-order valence-corrected chi connectivity index (χ3v) is 2.91. The summed E-state index contributed by atoms with van der Waals surface area (Å²) in [7, 11) is 0. The normalized spacial score (nSPS) is 13.7. The lowest BCUT2D eigenvalue weighted by Crippen LogP contribution is -2.42. The van der Waals surface area contributed by atoms with Crippen molar-refractivity contribution in [3.63, 3.8) is 0 Å². The van der Waals surface area contributed by atoms with Crippen molar-refractivity contribution in [1.29, 1.82) is 0 Å². The highest BCUT2D eigenvalue weighted by molar-refractivity contribution is 5.25. The molecular weight excluding hydrogens is 236 g/mol. The van der Waals surface area contributed by atoms with E-state index >= 15 is 0 Å². The molecule has 4 heteroatoms. The van der Waals surface area contributed by atoms with Crippen LogP contribution in [-0.4, -0.2) is 18.8 Å². The summed E-state index contributed by atoms with van der Waals surface area (Å²) in [4.78, 5) is 0. The Labute approximate surface area is 107 Å². The molecule has 0 spiro atoms. The second-order valence-electron chi connectivity index (χ2n) is 4.67. The standard InChI is InChI=1S/C14H21F2NO/c1-5-17-13(14(3,4)18-6-2)10-8-7-9-11(15)12(10)16/h7-9,13,17H,5-6H2,1-4H3. The van der Waals surface area contributed by atoms with E-state index < -0.39 is 23.3 Å². The van der Waals surface area contributed by atoms with E-state index in [4.69, 9.17) is 4.74 Å². The minimum atomic E-state index is -0.831.